The standard InChI is InChI=1S/C23H19FN2O2/c1-14-10-18-20(11-15(14)2)25-9-8-21(18)28-22-6-4-16(12-19(22)24)17-5-7-23(27-3)26-13-17/h4-13H,1-3H3. The number of aromatic nitrogens is 2. The number of rotatable bonds is 4. The molecule has 2 aromatic heterocycles. The molecule has 4 nitrogen and oxygen atoms in total. The van der Waals surface area contributed by atoms with E-state index in [1.54, 1.807) is 43.8 Å². The molecule has 0 bridgehead atoms. The smallest absolute Gasteiger partial charge is 0.212 e. The first-order chi connectivity index (χ1) is 13.5. The van der Waals surface area contributed by atoms with Gasteiger partial charge in [0.2, 0.25) is 5.88 Å². The van der Waals surface area contributed by atoms with Crippen molar-refractivity contribution in [2.45, 2.75) is 13.8 Å². The molecule has 0 spiro atoms. The van der Waals surface area contributed by atoms with Gasteiger partial charge in [0.05, 0.1) is 12.6 Å². The third kappa shape index (κ3) is 3.39. The Bertz CT molecular complexity index is 1160. The van der Waals surface area contributed by atoms with Gasteiger partial charge in [-0.1, -0.05) is 6.07 Å². The zero-order chi connectivity index (χ0) is 19.7. The van der Waals surface area contributed by atoms with E-state index in [0.29, 0.717) is 17.2 Å². The van der Waals surface area contributed by atoms with E-state index in [2.05, 4.69) is 9.97 Å². The van der Waals surface area contributed by atoms with Gasteiger partial charge in [0.25, 0.3) is 0 Å². The molecular formula is C23H19FN2O2. The van der Waals surface area contributed by atoms with E-state index in [4.69, 9.17) is 9.47 Å². The fourth-order valence-corrected chi connectivity index (χ4v) is 3.02. The molecule has 0 aliphatic rings. The minimum atomic E-state index is -0.442. The van der Waals surface area contributed by atoms with Gasteiger partial charge in [-0.3, -0.25) is 4.98 Å². The van der Waals surface area contributed by atoms with Crippen molar-refractivity contribution in [1.29, 1.82) is 0 Å². The van der Waals surface area contributed by atoms with E-state index in [1.165, 1.54) is 6.07 Å². The molecule has 0 N–H and O–H groups in total. The van der Waals surface area contributed by atoms with Gasteiger partial charge in [-0.15, -0.1) is 0 Å². The summed E-state index contributed by atoms with van der Waals surface area (Å²) in [7, 11) is 1.55. The van der Waals surface area contributed by atoms with Crippen molar-refractivity contribution in [3.63, 3.8) is 0 Å². The normalized spacial score (nSPS) is 10.9. The van der Waals surface area contributed by atoms with Crippen LogP contribution in [0.15, 0.2) is 60.9 Å². The first kappa shape index (κ1) is 17.9. The number of halogens is 1. The van der Waals surface area contributed by atoms with E-state index in [-0.39, 0.29) is 5.75 Å². The van der Waals surface area contributed by atoms with Gasteiger partial charge in [0.15, 0.2) is 11.6 Å². The average molecular weight is 374 g/mol. The molecule has 2 heterocycles. The summed E-state index contributed by atoms with van der Waals surface area (Å²) in [6.45, 7) is 4.07. The number of aryl methyl sites for hydroxylation is 2. The Morgan fingerprint density at radius 2 is 1.61 bits per heavy atom. The van der Waals surface area contributed by atoms with Gasteiger partial charge in [0, 0.05) is 29.4 Å². The summed E-state index contributed by atoms with van der Waals surface area (Å²) in [5.74, 6) is 0.809. The number of pyridine rings is 2. The minimum Gasteiger partial charge on any atom is -0.481 e. The molecule has 0 atom stereocenters. The fourth-order valence-electron chi connectivity index (χ4n) is 3.02. The molecular weight excluding hydrogens is 355 g/mol. The highest BCUT2D eigenvalue weighted by molar-refractivity contribution is 5.86. The molecule has 28 heavy (non-hydrogen) atoms. The van der Waals surface area contributed by atoms with Crippen molar-refractivity contribution in [2.75, 3.05) is 7.11 Å². The number of nitrogens with zero attached hydrogens (tertiary/aromatic N) is 2. The van der Waals surface area contributed by atoms with Crippen LogP contribution in [0.5, 0.6) is 17.4 Å². The van der Waals surface area contributed by atoms with Crippen LogP contribution in [0.25, 0.3) is 22.0 Å². The quantitative estimate of drug-likeness (QED) is 0.449. The molecule has 0 aliphatic carbocycles. The van der Waals surface area contributed by atoms with E-state index in [1.807, 2.05) is 32.0 Å². The second-order valence-corrected chi connectivity index (χ2v) is 6.60. The van der Waals surface area contributed by atoms with Crippen LogP contribution < -0.4 is 9.47 Å². The van der Waals surface area contributed by atoms with Crippen molar-refractivity contribution < 1.29 is 13.9 Å². The summed E-state index contributed by atoms with van der Waals surface area (Å²) in [6.07, 6.45) is 3.32. The lowest BCUT2D eigenvalue weighted by atomic mass is 10.1. The number of hydrogen-bond donors (Lipinski definition) is 0. The van der Waals surface area contributed by atoms with Crippen LogP contribution in [0.4, 0.5) is 4.39 Å². The summed E-state index contributed by atoms with van der Waals surface area (Å²) in [4.78, 5) is 8.54. The topological polar surface area (TPSA) is 44.2 Å². The Labute approximate surface area is 162 Å². The largest absolute Gasteiger partial charge is 0.481 e. The average Bonchev–Trinajstić information content (AvgIpc) is 2.71. The zero-order valence-electron chi connectivity index (χ0n) is 15.9. The van der Waals surface area contributed by atoms with Crippen LogP contribution >= 0.6 is 0 Å². The molecule has 4 aromatic rings. The Morgan fingerprint density at radius 3 is 2.32 bits per heavy atom. The molecule has 0 radical (unpaired) electrons. The molecule has 0 saturated heterocycles. The maximum atomic E-state index is 14.7. The Balaban J connectivity index is 1.67. The maximum absolute atomic E-state index is 14.7. The van der Waals surface area contributed by atoms with E-state index in [0.717, 1.165) is 27.6 Å². The van der Waals surface area contributed by atoms with Gasteiger partial charge in [0.1, 0.15) is 5.75 Å². The van der Waals surface area contributed by atoms with Crippen LogP contribution in [0.1, 0.15) is 11.1 Å². The second-order valence-electron chi connectivity index (χ2n) is 6.60. The van der Waals surface area contributed by atoms with Crippen LogP contribution in [0.2, 0.25) is 0 Å². The lowest BCUT2D eigenvalue weighted by molar-refractivity contribution is 0.398. The molecule has 0 saturated carbocycles. The van der Waals surface area contributed by atoms with Gasteiger partial charge in [-0.05, 0) is 66.9 Å². The highest BCUT2D eigenvalue weighted by Gasteiger charge is 2.11. The summed E-state index contributed by atoms with van der Waals surface area (Å²) in [6, 6.07) is 14.2. The highest BCUT2D eigenvalue weighted by atomic mass is 19.1. The molecule has 0 amide bonds. The second kappa shape index (κ2) is 7.27. The molecule has 5 heteroatoms. The van der Waals surface area contributed by atoms with Gasteiger partial charge < -0.3 is 9.47 Å². The number of hydrogen-bond acceptors (Lipinski definition) is 4. The third-order valence-electron chi connectivity index (χ3n) is 4.75. The summed E-state index contributed by atoms with van der Waals surface area (Å²) in [5, 5.41) is 0.855. The van der Waals surface area contributed by atoms with Crippen LogP contribution in [0, 0.1) is 19.7 Å². The molecule has 0 aliphatic heterocycles. The van der Waals surface area contributed by atoms with Gasteiger partial charge in [-0.2, -0.15) is 0 Å². The van der Waals surface area contributed by atoms with E-state index in [9.17, 15) is 4.39 Å². The summed E-state index contributed by atoms with van der Waals surface area (Å²) >= 11 is 0. The van der Waals surface area contributed by atoms with Crippen molar-refractivity contribution in [2.24, 2.45) is 0 Å². The highest BCUT2D eigenvalue weighted by Crippen LogP contribution is 2.33. The van der Waals surface area contributed by atoms with Crippen molar-refractivity contribution in [3.8, 4) is 28.5 Å². The Kier molecular flexibility index (Phi) is 4.65. The van der Waals surface area contributed by atoms with Crippen LogP contribution in [-0.2, 0) is 0 Å². The molecule has 0 unspecified atom stereocenters. The molecule has 2 aromatic carbocycles. The minimum absolute atomic E-state index is 0.163. The predicted molar refractivity (Wildman–Crippen MR) is 107 cm³/mol. The number of ether oxygens (including phenoxy) is 2. The molecule has 140 valence electrons. The first-order valence-corrected chi connectivity index (χ1v) is 8.89. The fraction of sp³-hybridized carbons (Fsp3) is 0.130. The SMILES string of the molecule is COc1ccc(-c2ccc(Oc3ccnc4cc(C)c(C)cc34)c(F)c2)cn1. The first-order valence-electron chi connectivity index (χ1n) is 8.89. The Morgan fingerprint density at radius 1 is 0.821 bits per heavy atom. The van der Waals surface area contributed by atoms with Crippen LogP contribution in [0.3, 0.4) is 0 Å². The zero-order valence-corrected chi connectivity index (χ0v) is 15.9. The van der Waals surface area contributed by atoms with Crippen LogP contribution in [-0.4, -0.2) is 17.1 Å². The lowest BCUT2D eigenvalue weighted by Gasteiger charge is -2.12. The summed E-state index contributed by atoms with van der Waals surface area (Å²) in [5.41, 5.74) is 4.62. The lowest BCUT2D eigenvalue weighted by Crippen LogP contribution is -1.93. The Hall–Kier alpha value is -3.47. The van der Waals surface area contributed by atoms with Crippen molar-refractivity contribution in [3.05, 3.63) is 77.9 Å². The third-order valence-corrected chi connectivity index (χ3v) is 4.75. The molecule has 0 fully saturated rings. The summed E-state index contributed by atoms with van der Waals surface area (Å²) < 4.78 is 25.7. The maximum Gasteiger partial charge on any atom is 0.212 e. The van der Waals surface area contributed by atoms with Crippen molar-refractivity contribution in [1.82, 2.24) is 9.97 Å². The van der Waals surface area contributed by atoms with E-state index >= 15 is 0 Å². The molecule has 4 rings (SSSR count). The van der Waals surface area contributed by atoms with Gasteiger partial charge in [-0.25, -0.2) is 9.37 Å². The number of methoxy groups -OCH3 is 1. The van der Waals surface area contributed by atoms with Crippen molar-refractivity contribution >= 4 is 10.9 Å². The number of fused-ring (bicyclic) bond motifs is 1. The van der Waals surface area contributed by atoms with Gasteiger partial charge >= 0.3 is 0 Å². The predicted octanol–water partition coefficient (Wildman–Crippen LogP) is 5.85. The van der Waals surface area contributed by atoms with E-state index < -0.39 is 5.82 Å². The monoisotopic (exact) mass is 374 g/mol. The number of benzene rings is 2.